The lowest BCUT2D eigenvalue weighted by Gasteiger charge is -2.02. The fraction of sp³-hybridized carbons (Fsp3) is 1.00. The van der Waals surface area contributed by atoms with Crippen LogP contribution in [-0.2, 0) is 0 Å². The lowest BCUT2D eigenvalue weighted by molar-refractivity contribution is 0.255. The zero-order chi connectivity index (χ0) is 6.41. The van der Waals surface area contributed by atoms with Crippen molar-refractivity contribution in [3.05, 3.63) is 0 Å². The normalized spacial score (nSPS) is 13.9. The maximum atomic E-state index is 12.1. The zero-order valence-corrected chi connectivity index (χ0v) is 5.15. The van der Waals surface area contributed by atoms with Gasteiger partial charge in [-0.1, -0.05) is 13.3 Å². The highest BCUT2D eigenvalue weighted by Crippen LogP contribution is 1.98. The first-order chi connectivity index (χ1) is 3.81. The molecule has 3 N–H and O–H groups in total. The molecule has 0 saturated carbocycles. The molecule has 2 nitrogen and oxygen atoms in total. The monoisotopic (exact) mass is 120 g/mol. The van der Waals surface area contributed by atoms with Crippen LogP contribution in [0, 0.1) is 0 Å². The van der Waals surface area contributed by atoms with Crippen LogP contribution in [0.2, 0.25) is 0 Å². The van der Waals surface area contributed by atoms with Gasteiger partial charge in [-0.3, -0.25) is 5.84 Å². The van der Waals surface area contributed by atoms with Crippen LogP contribution in [0.15, 0.2) is 0 Å². The smallest absolute Gasteiger partial charge is 0.163 e. The molecule has 0 bridgehead atoms. The van der Waals surface area contributed by atoms with Crippen molar-refractivity contribution in [2.45, 2.75) is 32.5 Å². The lowest BCUT2D eigenvalue weighted by atomic mass is 10.2. The van der Waals surface area contributed by atoms with Gasteiger partial charge in [0.2, 0.25) is 0 Å². The van der Waals surface area contributed by atoms with Crippen LogP contribution in [0.3, 0.4) is 0 Å². The van der Waals surface area contributed by atoms with Crippen LogP contribution >= 0.6 is 0 Å². The third-order valence-electron chi connectivity index (χ3n) is 0.992. The number of unbranched alkanes of at least 4 members (excludes halogenated alkanes) is 1. The summed E-state index contributed by atoms with van der Waals surface area (Å²) in [5.41, 5.74) is 2.03. The second-order valence-corrected chi connectivity index (χ2v) is 1.78. The Bertz CT molecular complexity index is 49.7. The van der Waals surface area contributed by atoms with Crippen LogP contribution in [0.25, 0.3) is 0 Å². The number of hydrazine groups is 1. The van der Waals surface area contributed by atoms with Crippen molar-refractivity contribution in [3.8, 4) is 0 Å². The largest absolute Gasteiger partial charge is 0.269 e. The zero-order valence-electron chi connectivity index (χ0n) is 5.15. The summed E-state index contributed by atoms with van der Waals surface area (Å²) in [6.45, 7) is 2.02. The molecule has 0 spiro atoms. The molecule has 0 aliphatic carbocycles. The predicted octanol–water partition coefficient (Wildman–Crippen LogP) is 0.935. The summed E-state index contributed by atoms with van der Waals surface area (Å²) in [7, 11) is 0. The first-order valence-corrected chi connectivity index (χ1v) is 2.91. The molecule has 1 atom stereocenters. The molecule has 0 saturated heterocycles. The van der Waals surface area contributed by atoms with Crippen molar-refractivity contribution < 1.29 is 4.39 Å². The van der Waals surface area contributed by atoms with Crippen LogP contribution in [0.1, 0.15) is 26.2 Å². The van der Waals surface area contributed by atoms with Crippen molar-refractivity contribution in [2.24, 2.45) is 5.84 Å². The molecule has 8 heavy (non-hydrogen) atoms. The summed E-state index contributed by atoms with van der Waals surface area (Å²) in [5, 5.41) is 0. The van der Waals surface area contributed by atoms with Gasteiger partial charge in [0.25, 0.3) is 0 Å². The van der Waals surface area contributed by atoms with Crippen molar-refractivity contribution in [1.29, 1.82) is 0 Å². The van der Waals surface area contributed by atoms with Crippen molar-refractivity contribution >= 4 is 0 Å². The molecular weight excluding hydrogens is 107 g/mol. The van der Waals surface area contributed by atoms with Gasteiger partial charge in [-0.2, -0.15) is 0 Å². The third kappa shape index (κ3) is 4.02. The summed E-state index contributed by atoms with van der Waals surface area (Å²) in [5.74, 6) is 4.79. The Kier molecular flexibility index (Phi) is 4.90. The third-order valence-corrected chi connectivity index (χ3v) is 0.992. The number of halogens is 1. The first-order valence-electron chi connectivity index (χ1n) is 2.91. The molecule has 1 unspecified atom stereocenters. The van der Waals surface area contributed by atoms with Crippen molar-refractivity contribution in [1.82, 2.24) is 5.43 Å². The Labute approximate surface area is 49.2 Å². The van der Waals surface area contributed by atoms with Crippen LogP contribution in [0.5, 0.6) is 0 Å². The molecular formula is C5H13FN2. The number of nitrogens with one attached hydrogen (secondary N) is 1. The molecule has 0 aromatic heterocycles. The van der Waals surface area contributed by atoms with E-state index in [1.54, 1.807) is 0 Å². The Morgan fingerprint density at radius 3 is 2.75 bits per heavy atom. The lowest BCUT2D eigenvalue weighted by Crippen LogP contribution is -2.31. The topological polar surface area (TPSA) is 38.0 Å². The summed E-state index contributed by atoms with van der Waals surface area (Å²) < 4.78 is 12.1. The van der Waals surface area contributed by atoms with Gasteiger partial charge in [-0.15, -0.1) is 0 Å². The highest BCUT2D eigenvalue weighted by molar-refractivity contribution is 4.45. The number of hydrogen-bond acceptors (Lipinski definition) is 2. The summed E-state index contributed by atoms with van der Waals surface area (Å²) >= 11 is 0. The highest BCUT2D eigenvalue weighted by atomic mass is 19.1. The quantitative estimate of drug-likeness (QED) is 0.329. The maximum Gasteiger partial charge on any atom is 0.163 e. The Morgan fingerprint density at radius 2 is 2.38 bits per heavy atom. The predicted molar refractivity (Wildman–Crippen MR) is 31.7 cm³/mol. The fourth-order valence-electron chi connectivity index (χ4n) is 0.467. The van der Waals surface area contributed by atoms with E-state index in [9.17, 15) is 4.39 Å². The molecule has 50 valence electrons. The van der Waals surface area contributed by atoms with E-state index >= 15 is 0 Å². The minimum atomic E-state index is -1.02. The fourth-order valence-corrected chi connectivity index (χ4v) is 0.467. The molecule has 0 aromatic carbocycles. The first kappa shape index (κ1) is 7.85. The van der Waals surface area contributed by atoms with Gasteiger partial charge in [0.05, 0.1) is 0 Å². The number of rotatable bonds is 4. The van der Waals surface area contributed by atoms with Gasteiger partial charge in [0, 0.05) is 0 Å². The molecule has 0 heterocycles. The number of hydrogen-bond donors (Lipinski definition) is 2. The molecule has 0 aliphatic heterocycles. The van der Waals surface area contributed by atoms with E-state index in [0.717, 1.165) is 12.8 Å². The van der Waals surface area contributed by atoms with Gasteiger partial charge in [-0.25, -0.2) is 9.82 Å². The van der Waals surface area contributed by atoms with E-state index in [4.69, 9.17) is 5.84 Å². The molecule has 0 rings (SSSR count). The Morgan fingerprint density at radius 1 is 1.75 bits per heavy atom. The minimum absolute atomic E-state index is 0.521. The summed E-state index contributed by atoms with van der Waals surface area (Å²) in [6, 6.07) is 0. The standard InChI is InChI=1S/C5H13FN2/c1-2-3-4-5(6)8-7/h5,8H,2-4,7H2,1H3. The average molecular weight is 120 g/mol. The maximum absolute atomic E-state index is 12.1. The van der Waals surface area contributed by atoms with Crippen LogP contribution in [-0.4, -0.2) is 6.30 Å². The molecule has 0 radical (unpaired) electrons. The number of nitrogens with two attached hydrogens (primary N) is 1. The van der Waals surface area contributed by atoms with Gasteiger partial charge >= 0.3 is 0 Å². The van der Waals surface area contributed by atoms with E-state index in [2.05, 4.69) is 0 Å². The van der Waals surface area contributed by atoms with E-state index in [0.29, 0.717) is 6.42 Å². The van der Waals surface area contributed by atoms with E-state index in [-0.39, 0.29) is 0 Å². The minimum Gasteiger partial charge on any atom is -0.269 e. The van der Waals surface area contributed by atoms with Gasteiger partial charge in [0.15, 0.2) is 6.30 Å². The Balaban J connectivity index is 2.86. The number of alkyl halides is 1. The van der Waals surface area contributed by atoms with Crippen LogP contribution < -0.4 is 11.3 Å². The van der Waals surface area contributed by atoms with Crippen molar-refractivity contribution in [2.75, 3.05) is 0 Å². The summed E-state index contributed by atoms with van der Waals surface area (Å²) in [6.07, 6.45) is 1.41. The van der Waals surface area contributed by atoms with Gasteiger partial charge in [0.1, 0.15) is 0 Å². The van der Waals surface area contributed by atoms with Gasteiger partial charge in [-0.05, 0) is 12.8 Å². The average Bonchev–Trinajstić information content (AvgIpc) is 1.83. The second-order valence-electron chi connectivity index (χ2n) is 1.78. The van der Waals surface area contributed by atoms with Crippen molar-refractivity contribution in [3.63, 3.8) is 0 Å². The van der Waals surface area contributed by atoms with Gasteiger partial charge < -0.3 is 0 Å². The molecule has 0 fully saturated rings. The van der Waals surface area contributed by atoms with E-state index in [1.807, 2.05) is 12.3 Å². The highest BCUT2D eigenvalue weighted by Gasteiger charge is 1.98. The molecule has 0 aliphatic rings. The Hall–Kier alpha value is -0.150. The SMILES string of the molecule is CCCCC(F)NN. The van der Waals surface area contributed by atoms with E-state index < -0.39 is 6.30 Å². The molecule has 0 aromatic rings. The summed E-state index contributed by atoms with van der Waals surface area (Å²) in [4.78, 5) is 0. The second kappa shape index (κ2) is 5.00. The van der Waals surface area contributed by atoms with E-state index in [1.165, 1.54) is 0 Å². The van der Waals surface area contributed by atoms with Crippen LogP contribution in [0.4, 0.5) is 4.39 Å². The molecule has 3 heteroatoms. The molecule has 0 amide bonds.